The molecule has 2 rings (SSSR count). The summed E-state index contributed by atoms with van der Waals surface area (Å²) in [4.78, 5) is 50.6. The van der Waals surface area contributed by atoms with E-state index in [0.29, 0.717) is 11.6 Å². The Morgan fingerprint density at radius 3 is 2.41 bits per heavy atom. The Bertz CT molecular complexity index is 1020. The summed E-state index contributed by atoms with van der Waals surface area (Å²) < 4.78 is 5.04. The number of carboxylic acid groups (broad SMARTS) is 1. The van der Waals surface area contributed by atoms with E-state index in [1.165, 1.54) is 31.0 Å². The third-order valence-electron chi connectivity index (χ3n) is 5.53. The molecule has 1 heterocycles. The van der Waals surface area contributed by atoms with Gasteiger partial charge in [0.2, 0.25) is 17.2 Å². The first kappa shape index (κ1) is 25.3. The number of carbonyl (C=O) groups is 4. The van der Waals surface area contributed by atoms with Crippen LogP contribution in [0.25, 0.3) is 0 Å². The molecular formula is C24H28ClNO6. The molecule has 1 aliphatic carbocycles. The molecule has 2 aliphatic rings. The second-order valence-corrected chi connectivity index (χ2v) is 8.55. The predicted molar refractivity (Wildman–Crippen MR) is 121 cm³/mol. The number of aliphatic carboxylic acids is 1. The van der Waals surface area contributed by atoms with Crippen LogP contribution in [0, 0.1) is 5.92 Å². The molecule has 8 heteroatoms. The molecule has 0 unspecified atom stereocenters. The van der Waals surface area contributed by atoms with Gasteiger partial charge in [-0.1, -0.05) is 49.6 Å². The summed E-state index contributed by atoms with van der Waals surface area (Å²) in [6.07, 6.45) is 9.48. The van der Waals surface area contributed by atoms with Crippen LogP contribution >= 0.6 is 11.6 Å². The monoisotopic (exact) mass is 461 g/mol. The third kappa shape index (κ3) is 4.93. The summed E-state index contributed by atoms with van der Waals surface area (Å²) in [5.74, 6) is -3.11. The van der Waals surface area contributed by atoms with Crippen LogP contribution in [0.1, 0.15) is 48.0 Å². The second kappa shape index (κ2) is 9.69. The lowest BCUT2D eigenvalue weighted by atomic mass is 9.79. The molecular weight excluding hydrogens is 434 g/mol. The minimum Gasteiger partial charge on any atom is -0.480 e. The number of carboxylic acids is 1. The summed E-state index contributed by atoms with van der Waals surface area (Å²) in [5, 5.41) is 9.33. The number of hydrogen-bond donors (Lipinski definition) is 1. The number of Topliss-reactive ketones (excluding diaryl/α,β-unsaturated/α-hetero) is 2. The van der Waals surface area contributed by atoms with E-state index in [-0.39, 0.29) is 16.2 Å². The van der Waals surface area contributed by atoms with Gasteiger partial charge in [0.1, 0.15) is 6.04 Å². The third-order valence-corrected chi connectivity index (χ3v) is 5.90. The summed E-state index contributed by atoms with van der Waals surface area (Å²) >= 11 is 6.31. The van der Waals surface area contributed by atoms with Crippen LogP contribution in [-0.2, 0) is 23.9 Å². The molecule has 1 N–H and O–H groups in total. The molecule has 172 valence electrons. The summed E-state index contributed by atoms with van der Waals surface area (Å²) in [6, 6.07) is -1.01. The number of halogens is 1. The van der Waals surface area contributed by atoms with Gasteiger partial charge < -0.3 is 14.7 Å². The molecule has 1 aliphatic heterocycles. The Morgan fingerprint density at radius 2 is 1.88 bits per heavy atom. The van der Waals surface area contributed by atoms with Crippen molar-refractivity contribution in [2.75, 3.05) is 0 Å². The number of carbonyl (C=O) groups excluding carboxylic acids is 3. The number of rotatable bonds is 7. The van der Waals surface area contributed by atoms with Crippen LogP contribution in [0.3, 0.4) is 0 Å². The zero-order chi connectivity index (χ0) is 24.4. The Labute approximate surface area is 192 Å². The quantitative estimate of drug-likeness (QED) is 0.346. The fourth-order valence-electron chi connectivity index (χ4n) is 3.45. The molecule has 0 saturated heterocycles. The number of esters is 1. The van der Waals surface area contributed by atoms with Crippen LogP contribution < -0.4 is 0 Å². The number of ketones is 2. The van der Waals surface area contributed by atoms with Gasteiger partial charge in [-0.3, -0.25) is 14.4 Å². The molecule has 0 aromatic heterocycles. The zero-order valence-corrected chi connectivity index (χ0v) is 19.8. The van der Waals surface area contributed by atoms with E-state index in [1.807, 2.05) is 13.0 Å². The van der Waals surface area contributed by atoms with E-state index < -0.39 is 35.1 Å². The first-order valence-electron chi connectivity index (χ1n) is 10.3. The number of fused-ring (bicyclic) bond motifs is 1. The molecule has 0 fully saturated rings. The highest BCUT2D eigenvalue weighted by atomic mass is 35.5. The molecule has 0 radical (unpaired) electrons. The van der Waals surface area contributed by atoms with E-state index in [0.717, 1.165) is 18.9 Å². The Balaban J connectivity index is 2.63. The normalized spacial score (nSPS) is 23.6. The molecule has 0 bridgehead atoms. The average molecular weight is 462 g/mol. The second-order valence-electron chi connectivity index (χ2n) is 8.18. The van der Waals surface area contributed by atoms with E-state index in [9.17, 15) is 24.3 Å². The molecule has 0 amide bonds. The fraction of sp³-hybridized carbons (Fsp3) is 0.417. The minimum absolute atomic E-state index is 0.00969. The molecule has 32 heavy (non-hydrogen) atoms. The van der Waals surface area contributed by atoms with Gasteiger partial charge in [0, 0.05) is 30.0 Å². The van der Waals surface area contributed by atoms with Gasteiger partial charge in [0.25, 0.3) is 0 Å². The highest BCUT2D eigenvalue weighted by Gasteiger charge is 2.52. The Kier molecular flexibility index (Phi) is 7.67. The van der Waals surface area contributed by atoms with Gasteiger partial charge in [-0.15, -0.1) is 0 Å². The summed E-state index contributed by atoms with van der Waals surface area (Å²) in [5.41, 5.74) is -0.492. The highest BCUT2D eigenvalue weighted by Crippen LogP contribution is 2.40. The van der Waals surface area contributed by atoms with Crippen molar-refractivity contribution in [2.24, 2.45) is 5.92 Å². The number of allylic oxidation sites excluding steroid dienone is 6. The maximum Gasteiger partial charge on any atom is 0.326 e. The number of hydrogen-bond acceptors (Lipinski definition) is 6. The molecule has 7 nitrogen and oxygen atoms in total. The largest absolute Gasteiger partial charge is 0.480 e. The van der Waals surface area contributed by atoms with Crippen LogP contribution in [0.4, 0.5) is 0 Å². The van der Waals surface area contributed by atoms with Crippen molar-refractivity contribution in [3.05, 3.63) is 58.0 Å². The van der Waals surface area contributed by atoms with Gasteiger partial charge in [-0.05, 0) is 38.8 Å². The molecule has 0 spiro atoms. The van der Waals surface area contributed by atoms with E-state index in [4.69, 9.17) is 16.3 Å². The molecule has 3 atom stereocenters. The van der Waals surface area contributed by atoms with Crippen LogP contribution in [0.2, 0.25) is 0 Å². The molecule has 0 aromatic rings. The molecule has 0 aromatic carbocycles. The summed E-state index contributed by atoms with van der Waals surface area (Å²) in [7, 11) is 0. The lowest BCUT2D eigenvalue weighted by Crippen LogP contribution is -2.52. The van der Waals surface area contributed by atoms with Crippen molar-refractivity contribution >= 4 is 35.1 Å². The maximum absolute atomic E-state index is 13.1. The van der Waals surface area contributed by atoms with Crippen molar-refractivity contribution in [1.29, 1.82) is 0 Å². The number of nitrogens with zero attached hydrogens (tertiary/aromatic N) is 1. The minimum atomic E-state index is -2.10. The lowest BCUT2D eigenvalue weighted by molar-refractivity contribution is -0.167. The Hall–Kier alpha value is -2.93. The van der Waals surface area contributed by atoms with Crippen LogP contribution in [0.15, 0.2) is 58.0 Å². The fourth-order valence-corrected chi connectivity index (χ4v) is 3.78. The lowest BCUT2D eigenvalue weighted by Gasteiger charge is -2.36. The predicted octanol–water partition coefficient (Wildman–Crippen LogP) is 4.06. The highest BCUT2D eigenvalue weighted by molar-refractivity contribution is 6.49. The maximum atomic E-state index is 13.1. The number of ether oxygens (including phenoxy) is 1. The average Bonchev–Trinajstić information content (AvgIpc) is 2.73. The first-order chi connectivity index (χ1) is 14.8. The standard InChI is InChI=1S/C24H28ClNO6/c1-7-13(2)10-14(3)8-9-17-11-18-19(12-26(17)15(4)23(30)31)21(28)24(6,32-16(5)27)22(29)20(18)25/h8-13,15H,7H2,1-6H3,(H,30,31)/b9-8+,14-10+/t13-,15-,24+/m0/s1. The van der Waals surface area contributed by atoms with E-state index in [1.54, 1.807) is 6.08 Å². The molecule has 0 saturated carbocycles. The SMILES string of the molecule is CC[C@H](C)/C=C(C)/C=C/C1=CC2=C(Cl)C(=O)[C@](C)(OC(C)=O)C(=O)C2=CN1[C@@H](C)C(=O)O. The topological polar surface area (TPSA) is 101 Å². The van der Waals surface area contributed by atoms with Crippen molar-refractivity contribution in [2.45, 2.75) is 59.6 Å². The summed E-state index contributed by atoms with van der Waals surface area (Å²) in [6.45, 7) is 9.86. The van der Waals surface area contributed by atoms with Gasteiger partial charge in [-0.2, -0.15) is 0 Å². The van der Waals surface area contributed by atoms with E-state index >= 15 is 0 Å². The van der Waals surface area contributed by atoms with Gasteiger partial charge in [-0.25, -0.2) is 4.79 Å². The van der Waals surface area contributed by atoms with Gasteiger partial charge in [0.05, 0.1) is 5.03 Å². The Morgan fingerprint density at radius 1 is 1.25 bits per heavy atom. The zero-order valence-electron chi connectivity index (χ0n) is 19.1. The van der Waals surface area contributed by atoms with Crippen LogP contribution in [0.5, 0.6) is 0 Å². The van der Waals surface area contributed by atoms with Gasteiger partial charge >= 0.3 is 11.9 Å². The van der Waals surface area contributed by atoms with Crippen molar-refractivity contribution in [3.63, 3.8) is 0 Å². The first-order valence-corrected chi connectivity index (χ1v) is 10.7. The smallest absolute Gasteiger partial charge is 0.326 e. The van der Waals surface area contributed by atoms with Crippen molar-refractivity contribution < 1.29 is 29.0 Å². The van der Waals surface area contributed by atoms with Crippen molar-refractivity contribution in [1.82, 2.24) is 4.90 Å². The van der Waals surface area contributed by atoms with Crippen molar-refractivity contribution in [3.8, 4) is 0 Å². The van der Waals surface area contributed by atoms with Gasteiger partial charge in [0.15, 0.2) is 0 Å². The van der Waals surface area contributed by atoms with E-state index in [2.05, 4.69) is 19.9 Å². The van der Waals surface area contributed by atoms with Crippen LogP contribution in [-0.4, -0.2) is 45.2 Å².